The monoisotopic (exact) mass is 310 g/mol. The molecule has 20 heavy (non-hydrogen) atoms. The first-order valence-electron chi connectivity index (χ1n) is 6.66. The molecule has 0 aliphatic rings. The lowest BCUT2D eigenvalue weighted by molar-refractivity contribution is 0.305. The summed E-state index contributed by atoms with van der Waals surface area (Å²) >= 11 is 7.88. The highest BCUT2D eigenvalue weighted by Gasteiger charge is 2.09. The summed E-state index contributed by atoms with van der Waals surface area (Å²) in [5.74, 6) is 0.701. The van der Waals surface area contributed by atoms with Crippen molar-refractivity contribution in [2.75, 3.05) is 6.54 Å². The molecule has 1 N–H and O–H groups in total. The quantitative estimate of drug-likeness (QED) is 0.861. The van der Waals surface area contributed by atoms with Crippen molar-refractivity contribution in [2.24, 2.45) is 0 Å². The van der Waals surface area contributed by atoms with E-state index >= 15 is 0 Å². The zero-order chi connectivity index (χ0) is 14.5. The second kappa shape index (κ2) is 7.07. The van der Waals surface area contributed by atoms with Gasteiger partial charge in [-0.25, -0.2) is 4.98 Å². The summed E-state index contributed by atoms with van der Waals surface area (Å²) in [6.07, 6.45) is 0. The van der Waals surface area contributed by atoms with Crippen LogP contribution in [0.25, 0.3) is 0 Å². The van der Waals surface area contributed by atoms with Crippen LogP contribution in [-0.2, 0) is 6.61 Å². The van der Waals surface area contributed by atoms with E-state index in [1.165, 1.54) is 0 Å². The van der Waals surface area contributed by atoms with Crippen LogP contribution in [0.2, 0.25) is 5.02 Å². The first-order valence-corrected chi connectivity index (χ1v) is 7.92. The molecular weight excluding hydrogens is 292 g/mol. The molecule has 2 aromatic rings. The van der Waals surface area contributed by atoms with Crippen LogP contribution in [0.1, 0.15) is 36.2 Å². The molecule has 1 atom stereocenters. The minimum absolute atomic E-state index is 0.285. The smallest absolute Gasteiger partial charge is 0.140 e. The Bertz CT molecular complexity index is 571. The van der Waals surface area contributed by atoms with Gasteiger partial charge in [0.25, 0.3) is 0 Å². The molecule has 0 amide bonds. The molecule has 1 aromatic carbocycles. The number of thiazole rings is 1. The number of ether oxygens (including phenoxy) is 1. The van der Waals surface area contributed by atoms with Crippen LogP contribution >= 0.6 is 22.9 Å². The van der Waals surface area contributed by atoms with Gasteiger partial charge in [0.1, 0.15) is 17.4 Å². The van der Waals surface area contributed by atoms with Gasteiger partial charge in [0, 0.05) is 17.1 Å². The van der Waals surface area contributed by atoms with Gasteiger partial charge in [0.15, 0.2) is 0 Å². The summed E-state index contributed by atoms with van der Waals surface area (Å²) in [4.78, 5) is 4.37. The third kappa shape index (κ3) is 3.95. The summed E-state index contributed by atoms with van der Waals surface area (Å²) in [6.45, 7) is 7.57. The lowest BCUT2D eigenvalue weighted by Gasteiger charge is -2.14. The number of aryl methyl sites for hydroxylation is 1. The Hall–Kier alpha value is -1.10. The Morgan fingerprint density at radius 1 is 1.45 bits per heavy atom. The van der Waals surface area contributed by atoms with Gasteiger partial charge in [-0.1, -0.05) is 24.6 Å². The number of benzene rings is 1. The zero-order valence-corrected chi connectivity index (χ0v) is 13.5. The van der Waals surface area contributed by atoms with Crippen LogP contribution in [-0.4, -0.2) is 11.5 Å². The fourth-order valence-electron chi connectivity index (χ4n) is 1.94. The molecule has 0 bridgehead atoms. The third-order valence-electron chi connectivity index (χ3n) is 2.98. The van der Waals surface area contributed by atoms with E-state index in [2.05, 4.69) is 24.1 Å². The molecule has 1 aromatic heterocycles. The first kappa shape index (κ1) is 15.3. The summed E-state index contributed by atoms with van der Waals surface area (Å²) < 4.78 is 5.73. The standard InChI is InChI=1S/C15H19ClN2OS/c1-4-17-11(3)12-5-6-14(13(16)7-12)19-8-15-18-10(2)9-20-15/h5-7,9,11,17H,4,8H2,1-3H3. The number of nitrogens with one attached hydrogen (secondary N) is 1. The predicted octanol–water partition coefficient (Wildman–Crippen LogP) is 4.35. The number of halogens is 1. The summed E-state index contributed by atoms with van der Waals surface area (Å²) in [5.41, 5.74) is 2.18. The van der Waals surface area contributed by atoms with E-state index in [0.717, 1.165) is 22.8 Å². The van der Waals surface area contributed by atoms with Gasteiger partial charge in [0.05, 0.1) is 5.02 Å². The summed E-state index contributed by atoms with van der Waals surface area (Å²) in [5, 5.41) is 6.98. The van der Waals surface area contributed by atoms with E-state index in [1.54, 1.807) is 11.3 Å². The van der Waals surface area contributed by atoms with Crippen molar-refractivity contribution in [1.82, 2.24) is 10.3 Å². The van der Waals surface area contributed by atoms with Crippen molar-refractivity contribution < 1.29 is 4.74 Å². The van der Waals surface area contributed by atoms with Crippen LogP contribution in [0.3, 0.4) is 0 Å². The molecule has 0 saturated heterocycles. The predicted molar refractivity (Wildman–Crippen MR) is 84.7 cm³/mol. The SMILES string of the molecule is CCNC(C)c1ccc(OCc2nc(C)cs2)c(Cl)c1. The molecule has 2 rings (SSSR count). The molecule has 5 heteroatoms. The average Bonchev–Trinajstić information content (AvgIpc) is 2.83. The van der Waals surface area contributed by atoms with Crippen molar-refractivity contribution in [3.8, 4) is 5.75 Å². The van der Waals surface area contributed by atoms with Crippen LogP contribution in [0.5, 0.6) is 5.75 Å². The summed E-state index contributed by atoms with van der Waals surface area (Å²) in [6, 6.07) is 6.21. The maximum absolute atomic E-state index is 6.28. The lowest BCUT2D eigenvalue weighted by atomic mass is 10.1. The summed E-state index contributed by atoms with van der Waals surface area (Å²) in [7, 11) is 0. The Balaban J connectivity index is 2.02. The second-order valence-corrected chi connectivity index (χ2v) is 5.99. The molecule has 0 aliphatic carbocycles. The van der Waals surface area contributed by atoms with Gasteiger partial charge < -0.3 is 10.1 Å². The molecule has 1 heterocycles. The van der Waals surface area contributed by atoms with Crippen LogP contribution in [0.15, 0.2) is 23.6 Å². The Kier molecular flexibility index (Phi) is 5.40. The van der Waals surface area contributed by atoms with E-state index < -0.39 is 0 Å². The van der Waals surface area contributed by atoms with Gasteiger partial charge in [-0.2, -0.15) is 0 Å². The Labute approximate surface area is 129 Å². The van der Waals surface area contributed by atoms with Gasteiger partial charge in [-0.05, 0) is 38.1 Å². The zero-order valence-electron chi connectivity index (χ0n) is 11.9. The second-order valence-electron chi connectivity index (χ2n) is 4.64. The molecule has 0 fully saturated rings. The highest BCUT2D eigenvalue weighted by Crippen LogP contribution is 2.28. The molecule has 0 spiro atoms. The van der Waals surface area contributed by atoms with E-state index in [9.17, 15) is 0 Å². The normalized spacial score (nSPS) is 12.4. The lowest BCUT2D eigenvalue weighted by Crippen LogP contribution is -2.17. The van der Waals surface area contributed by atoms with Gasteiger partial charge in [0.2, 0.25) is 0 Å². The molecule has 1 unspecified atom stereocenters. The van der Waals surface area contributed by atoms with Gasteiger partial charge in [-0.15, -0.1) is 11.3 Å². The molecule has 0 saturated carbocycles. The topological polar surface area (TPSA) is 34.1 Å². The van der Waals surface area contributed by atoms with E-state index in [1.807, 2.05) is 30.5 Å². The third-order valence-corrected chi connectivity index (χ3v) is 4.22. The number of nitrogens with zero attached hydrogens (tertiary/aromatic N) is 1. The molecule has 0 radical (unpaired) electrons. The minimum Gasteiger partial charge on any atom is -0.485 e. The van der Waals surface area contributed by atoms with E-state index in [4.69, 9.17) is 16.3 Å². The van der Waals surface area contributed by atoms with Crippen LogP contribution < -0.4 is 10.1 Å². The highest BCUT2D eigenvalue weighted by molar-refractivity contribution is 7.09. The Morgan fingerprint density at radius 2 is 2.25 bits per heavy atom. The molecular formula is C15H19ClN2OS. The van der Waals surface area contributed by atoms with Crippen molar-refractivity contribution >= 4 is 22.9 Å². The molecule has 0 aliphatic heterocycles. The molecule has 108 valence electrons. The number of hydrogen-bond donors (Lipinski definition) is 1. The maximum atomic E-state index is 6.28. The van der Waals surface area contributed by atoms with Crippen LogP contribution in [0.4, 0.5) is 0 Å². The highest BCUT2D eigenvalue weighted by atomic mass is 35.5. The number of aromatic nitrogens is 1. The van der Waals surface area contributed by atoms with E-state index in [-0.39, 0.29) is 6.04 Å². The number of rotatable bonds is 6. The van der Waals surface area contributed by atoms with Crippen molar-refractivity contribution in [3.05, 3.63) is 44.9 Å². The van der Waals surface area contributed by atoms with Crippen molar-refractivity contribution in [3.63, 3.8) is 0 Å². The van der Waals surface area contributed by atoms with Crippen LogP contribution in [0, 0.1) is 6.92 Å². The average molecular weight is 311 g/mol. The first-order chi connectivity index (χ1) is 9.60. The number of hydrogen-bond acceptors (Lipinski definition) is 4. The largest absolute Gasteiger partial charge is 0.485 e. The van der Waals surface area contributed by atoms with Crippen molar-refractivity contribution in [2.45, 2.75) is 33.4 Å². The Morgan fingerprint density at radius 3 is 2.85 bits per heavy atom. The maximum Gasteiger partial charge on any atom is 0.140 e. The fraction of sp³-hybridized carbons (Fsp3) is 0.400. The van der Waals surface area contributed by atoms with Gasteiger partial charge in [-0.3, -0.25) is 0 Å². The van der Waals surface area contributed by atoms with E-state index in [0.29, 0.717) is 17.4 Å². The molecule has 3 nitrogen and oxygen atoms in total. The minimum atomic E-state index is 0.285. The fourth-order valence-corrected chi connectivity index (χ4v) is 2.86. The van der Waals surface area contributed by atoms with Gasteiger partial charge >= 0.3 is 0 Å². The van der Waals surface area contributed by atoms with Crippen molar-refractivity contribution in [1.29, 1.82) is 0 Å².